The zero-order valence-corrected chi connectivity index (χ0v) is 20.3. The van der Waals surface area contributed by atoms with Gasteiger partial charge < -0.3 is 20.7 Å². The minimum absolute atomic E-state index is 0.0396. The molecule has 5 rings (SSSR count). The molecule has 8 nitrogen and oxygen atoms in total. The fourth-order valence-electron chi connectivity index (χ4n) is 3.45. The maximum absolute atomic E-state index is 14.3. The van der Waals surface area contributed by atoms with Gasteiger partial charge in [-0.05, 0) is 48.7 Å². The Bertz CT molecular complexity index is 1520. The molecule has 13 heteroatoms. The summed E-state index contributed by atoms with van der Waals surface area (Å²) in [6, 6.07) is 10.6. The first-order chi connectivity index (χ1) is 18.1. The van der Waals surface area contributed by atoms with Gasteiger partial charge in [0.2, 0.25) is 11.8 Å². The number of ether oxygens (including phenoxy) is 1. The molecule has 196 valence electrons. The Morgan fingerprint density at radius 2 is 1.84 bits per heavy atom. The predicted octanol–water partition coefficient (Wildman–Crippen LogP) is 6.31. The summed E-state index contributed by atoms with van der Waals surface area (Å²) in [7, 11) is 0. The van der Waals surface area contributed by atoms with Crippen molar-refractivity contribution in [3.05, 3.63) is 71.5 Å². The van der Waals surface area contributed by atoms with Crippen LogP contribution in [0.5, 0.6) is 11.6 Å². The number of pyridine rings is 1. The number of nitrogens with zero attached hydrogens (tertiary/aromatic N) is 2. The van der Waals surface area contributed by atoms with Gasteiger partial charge in [0.15, 0.2) is 5.13 Å². The number of hydrogen-bond acceptors (Lipinski definition) is 6. The van der Waals surface area contributed by atoms with Crippen LogP contribution in [-0.2, 0) is 17.5 Å². The van der Waals surface area contributed by atoms with Crippen molar-refractivity contribution < 1.29 is 31.9 Å². The summed E-state index contributed by atoms with van der Waals surface area (Å²) >= 11 is 1.19. The van der Waals surface area contributed by atoms with E-state index in [2.05, 4.69) is 25.9 Å². The van der Waals surface area contributed by atoms with E-state index in [-0.39, 0.29) is 41.3 Å². The third-order valence-electron chi connectivity index (χ3n) is 5.52. The van der Waals surface area contributed by atoms with Crippen LogP contribution in [0, 0.1) is 11.7 Å². The van der Waals surface area contributed by atoms with Gasteiger partial charge in [-0.15, -0.1) is 0 Å². The molecule has 1 fully saturated rings. The number of alkyl halides is 3. The second kappa shape index (κ2) is 10.2. The molecule has 0 atom stereocenters. The van der Waals surface area contributed by atoms with Crippen molar-refractivity contribution in [2.24, 2.45) is 5.92 Å². The van der Waals surface area contributed by atoms with Gasteiger partial charge in [0.05, 0.1) is 11.3 Å². The van der Waals surface area contributed by atoms with Crippen molar-refractivity contribution in [2.75, 3.05) is 10.6 Å². The Hall–Kier alpha value is -4.26. The molecule has 38 heavy (non-hydrogen) atoms. The first-order valence-corrected chi connectivity index (χ1v) is 12.2. The second-order valence-corrected chi connectivity index (χ2v) is 9.48. The molecule has 2 heterocycles. The van der Waals surface area contributed by atoms with Crippen molar-refractivity contribution in [3.63, 3.8) is 0 Å². The van der Waals surface area contributed by atoms with Gasteiger partial charge in [-0.3, -0.25) is 4.79 Å². The van der Waals surface area contributed by atoms with Crippen LogP contribution in [0.2, 0.25) is 0 Å². The molecule has 0 aliphatic heterocycles. The Balaban J connectivity index is 1.22. The number of thiazole rings is 1. The van der Waals surface area contributed by atoms with Crippen LogP contribution in [0.4, 0.5) is 33.2 Å². The molecule has 3 N–H and O–H groups in total. The lowest BCUT2D eigenvalue weighted by Crippen LogP contribution is -2.28. The van der Waals surface area contributed by atoms with E-state index in [1.807, 2.05) is 0 Å². The maximum atomic E-state index is 14.3. The Kier molecular flexibility index (Phi) is 6.85. The Labute approximate surface area is 217 Å². The third kappa shape index (κ3) is 6.17. The summed E-state index contributed by atoms with van der Waals surface area (Å²) < 4.78 is 58.6. The van der Waals surface area contributed by atoms with E-state index >= 15 is 0 Å². The molecule has 1 aliphatic carbocycles. The number of carbonyl (C=O) groups excluding carboxylic acids is 2. The molecule has 4 aromatic rings. The molecule has 1 aliphatic rings. The Morgan fingerprint density at radius 1 is 1.03 bits per heavy atom. The van der Waals surface area contributed by atoms with Gasteiger partial charge in [0, 0.05) is 24.6 Å². The minimum atomic E-state index is -4.50. The van der Waals surface area contributed by atoms with Gasteiger partial charge in [-0.2, -0.15) is 13.2 Å². The molecule has 0 saturated heterocycles. The zero-order valence-electron chi connectivity index (χ0n) is 19.4. The van der Waals surface area contributed by atoms with Crippen molar-refractivity contribution >= 4 is 44.4 Å². The fourth-order valence-corrected chi connectivity index (χ4v) is 4.29. The summed E-state index contributed by atoms with van der Waals surface area (Å²) in [5.74, 6) is -0.400. The first-order valence-electron chi connectivity index (χ1n) is 11.4. The van der Waals surface area contributed by atoms with Crippen LogP contribution in [0.1, 0.15) is 24.0 Å². The summed E-state index contributed by atoms with van der Waals surface area (Å²) in [4.78, 5) is 33.5. The van der Waals surface area contributed by atoms with E-state index in [4.69, 9.17) is 4.74 Å². The molecular weight excluding hydrogens is 526 g/mol. The van der Waals surface area contributed by atoms with Crippen molar-refractivity contribution in [1.82, 2.24) is 15.3 Å². The van der Waals surface area contributed by atoms with Gasteiger partial charge in [0.25, 0.3) is 0 Å². The second-order valence-electron chi connectivity index (χ2n) is 8.51. The molecule has 3 amide bonds. The number of fused-ring (bicyclic) bond motifs is 1. The standard InChI is InChI=1S/C25H19F4N5O3S/c26-17-7-6-16(11-19(17)31-23(36)30-12-13-2-1-3-15(10-13)25(27,28)29)37-20-9-8-18-22(33-20)38-24(32-18)34-21(35)14-4-5-14/h1-3,6-11,14H,4-5,12H2,(H2,30,31,36)(H,32,34,35). The molecule has 0 unspecified atom stereocenters. The lowest BCUT2D eigenvalue weighted by atomic mass is 10.1. The SMILES string of the molecule is O=C(NCc1cccc(C(F)(F)F)c1)Nc1cc(Oc2ccc3nc(NC(=O)C4CC4)sc3n2)ccc1F. The van der Waals surface area contributed by atoms with E-state index in [0.29, 0.717) is 15.5 Å². The molecule has 0 radical (unpaired) electrons. The van der Waals surface area contributed by atoms with E-state index in [1.165, 1.54) is 35.6 Å². The molecule has 1 saturated carbocycles. The van der Waals surface area contributed by atoms with Crippen molar-refractivity contribution in [1.29, 1.82) is 0 Å². The van der Waals surface area contributed by atoms with Gasteiger partial charge in [0.1, 0.15) is 21.9 Å². The van der Waals surface area contributed by atoms with E-state index in [9.17, 15) is 27.2 Å². The molecular formula is C25H19F4N5O3S. The average Bonchev–Trinajstić information content (AvgIpc) is 3.65. The lowest BCUT2D eigenvalue weighted by molar-refractivity contribution is -0.137. The van der Waals surface area contributed by atoms with Crippen LogP contribution in [0.15, 0.2) is 54.6 Å². The number of benzene rings is 2. The molecule has 0 bridgehead atoms. The van der Waals surface area contributed by atoms with Crippen LogP contribution in [-0.4, -0.2) is 21.9 Å². The quantitative estimate of drug-likeness (QED) is 0.236. The highest BCUT2D eigenvalue weighted by Crippen LogP contribution is 2.33. The van der Waals surface area contributed by atoms with Crippen LogP contribution in [0.3, 0.4) is 0 Å². The highest BCUT2D eigenvalue weighted by atomic mass is 32.1. The summed E-state index contributed by atoms with van der Waals surface area (Å²) in [6.45, 7) is -0.199. The fraction of sp³-hybridized carbons (Fsp3) is 0.200. The summed E-state index contributed by atoms with van der Waals surface area (Å²) in [6.07, 6.45) is -2.76. The largest absolute Gasteiger partial charge is 0.439 e. The minimum Gasteiger partial charge on any atom is -0.439 e. The Morgan fingerprint density at radius 3 is 2.61 bits per heavy atom. The van der Waals surface area contributed by atoms with Crippen LogP contribution >= 0.6 is 11.3 Å². The first kappa shape index (κ1) is 25.4. The third-order valence-corrected chi connectivity index (χ3v) is 6.40. The van der Waals surface area contributed by atoms with Gasteiger partial charge >= 0.3 is 12.2 Å². The number of rotatable bonds is 7. The van der Waals surface area contributed by atoms with Crippen molar-refractivity contribution in [3.8, 4) is 11.6 Å². The number of aromatic nitrogens is 2. The van der Waals surface area contributed by atoms with E-state index in [0.717, 1.165) is 31.0 Å². The topological polar surface area (TPSA) is 105 Å². The molecule has 2 aromatic heterocycles. The highest BCUT2D eigenvalue weighted by Gasteiger charge is 2.31. The zero-order chi connectivity index (χ0) is 26.9. The van der Waals surface area contributed by atoms with Gasteiger partial charge in [-0.1, -0.05) is 23.5 Å². The van der Waals surface area contributed by atoms with Gasteiger partial charge in [-0.25, -0.2) is 19.2 Å². The smallest absolute Gasteiger partial charge is 0.416 e. The number of urea groups is 1. The van der Waals surface area contributed by atoms with E-state index in [1.54, 1.807) is 12.1 Å². The van der Waals surface area contributed by atoms with Crippen molar-refractivity contribution in [2.45, 2.75) is 25.6 Å². The number of hydrogen-bond donors (Lipinski definition) is 3. The summed E-state index contributed by atoms with van der Waals surface area (Å²) in [5, 5.41) is 7.93. The number of halogens is 4. The summed E-state index contributed by atoms with van der Waals surface area (Å²) in [5.41, 5.74) is -0.231. The predicted molar refractivity (Wildman–Crippen MR) is 133 cm³/mol. The number of amides is 3. The number of anilines is 2. The molecule has 0 spiro atoms. The molecule has 2 aromatic carbocycles. The maximum Gasteiger partial charge on any atom is 0.416 e. The van der Waals surface area contributed by atoms with Crippen LogP contribution < -0.4 is 20.7 Å². The average molecular weight is 546 g/mol. The monoisotopic (exact) mass is 545 g/mol. The highest BCUT2D eigenvalue weighted by molar-refractivity contribution is 7.21. The lowest BCUT2D eigenvalue weighted by Gasteiger charge is -2.12. The normalized spacial score (nSPS) is 13.3. The number of nitrogens with one attached hydrogen (secondary N) is 3. The van der Waals surface area contributed by atoms with E-state index < -0.39 is 23.6 Å². The number of carbonyl (C=O) groups is 2. The van der Waals surface area contributed by atoms with Crippen LogP contribution in [0.25, 0.3) is 10.3 Å².